The number of fused-ring (bicyclic) bond motifs is 2. The summed E-state index contributed by atoms with van der Waals surface area (Å²) in [5.41, 5.74) is 5.98. The molecule has 1 N–H and O–H groups in total. The van der Waals surface area contributed by atoms with Crippen LogP contribution in [0.25, 0.3) is 22.2 Å². The highest BCUT2D eigenvalue weighted by Crippen LogP contribution is 2.36. The molecule has 1 fully saturated rings. The zero-order valence-corrected chi connectivity index (χ0v) is 18.8. The fourth-order valence-corrected chi connectivity index (χ4v) is 4.94. The number of hydrogen-bond acceptors (Lipinski definition) is 6. The molecular weight excluding hydrogens is 426 g/mol. The third kappa shape index (κ3) is 3.87. The highest BCUT2D eigenvalue weighted by Gasteiger charge is 2.23. The van der Waals surface area contributed by atoms with Crippen molar-refractivity contribution in [2.45, 2.75) is 25.4 Å². The van der Waals surface area contributed by atoms with Crippen LogP contribution in [0.5, 0.6) is 5.75 Å². The number of anilines is 1. The minimum absolute atomic E-state index is 0.0156. The van der Waals surface area contributed by atoms with Crippen molar-refractivity contribution in [3.8, 4) is 23.1 Å². The second kappa shape index (κ2) is 8.81. The molecular formula is C27H25N5O2. The summed E-state index contributed by atoms with van der Waals surface area (Å²) in [4.78, 5) is 6.81. The first-order valence-corrected chi connectivity index (χ1v) is 11.8. The van der Waals surface area contributed by atoms with Crippen molar-refractivity contribution in [1.82, 2.24) is 15.2 Å². The van der Waals surface area contributed by atoms with E-state index < -0.39 is 0 Å². The van der Waals surface area contributed by atoms with Crippen molar-refractivity contribution in [2.75, 3.05) is 31.2 Å². The van der Waals surface area contributed by atoms with Crippen LogP contribution in [0.2, 0.25) is 0 Å². The quantitative estimate of drug-likeness (QED) is 0.480. The van der Waals surface area contributed by atoms with Crippen molar-refractivity contribution in [3.63, 3.8) is 0 Å². The van der Waals surface area contributed by atoms with Crippen molar-refractivity contribution in [1.29, 1.82) is 5.26 Å². The summed E-state index contributed by atoms with van der Waals surface area (Å²) in [6.07, 6.45) is 4.83. The van der Waals surface area contributed by atoms with Crippen molar-refractivity contribution >= 4 is 16.7 Å². The lowest BCUT2D eigenvalue weighted by Crippen LogP contribution is -2.36. The Labute approximate surface area is 197 Å². The lowest BCUT2D eigenvalue weighted by atomic mass is 9.88. The van der Waals surface area contributed by atoms with Crippen LogP contribution in [0.15, 0.2) is 54.7 Å². The molecule has 4 aromatic rings. The molecule has 1 saturated heterocycles. The molecule has 0 amide bonds. The van der Waals surface area contributed by atoms with Crippen LogP contribution < -0.4 is 9.64 Å². The van der Waals surface area contributed by atoms with Gasteiger partial charge in [-0.05, 0) is 72.9 Å². The molecule has 7 heteroatoms. The van der Waals surface area contributed by atoms with Gasteiger partial charge in [0.15, 0.2) is 0 Å². The van der Waals surface area contributed by atoms with Crippen LogP contribution >= 0.6 is 0 Å². The van der Waals surface area contributed by atoms with Gasteiger partial charge < -0.3 is 14.4 Å². The molecule has 34 heavy (non-hydrogen) atoms. The van der Waals surface area contributed by atoms with E-state index >= 15 is 0 Å². The van der Waals surface area contributed by atoms with Gasteiger partial charge in [0.25, 0.3) is 0 Å². The molecule has 170 valence electrons. The molecule has 1 aliphatic heterocycles. The second-order valence-corrected chi connectivity index (χ2v) is 8.81. The topological polar surface area (TPSA) is 87.1 Å². The van der Waals surface area contributed by atoms with Crippen LogP contribution in [-0.2, 0) is 11.2 Å². The van der Waals surface area contributed by atoms with Crippen molar-refractivity contribution in [3.05, 3.63) is 71.4 Å². The average molecular weight is 452 g/mol. The number of nitrogens with one attached hydrogen (secondary N) is 1. The molecule has 0 saturated carbocycles. The largest absolute Gasteiger partial charge is 0.486 e. The molecule has 0 bridgehead atoms. The van der Waals surface area contributed by atoms with Crippen LogP contribution in [-0.4, -0.2) is 41.5 Å². The van der Waals surface area contributed by atoms with E-state index in [2.05, 4.69) is 38.3 Å². The van der Waals surface area contributed by atoms with Gasteiger partial charge in [-0.15, -0.1) is 0 Å². The normalized spacial score (nSPS) is 17.9. The summed E-state index contributed by atoms with van der Waals surface area (Å²) in [6.45, 7) is 3.13. The average Bonchev–Trinajstić information content (AvgIpc) is 3.32. The SMILES string of the molecule is N#Cc1ccc2c(c1)CCC[C@H]2Oc1ccc2[nH]nc(-c3ccnc(N4CCOCC4)c3)c2c1. The van der Waals surface area contributed by atoms with Crippen LogP contribution in [0.3, 0.4) is 0 Å². The Kier molecular flexibility index (Phi) is 5.36. The van der Waals surface area contributed by atoms with E-state index in [-0.39, 0.29) is 6.10 Å². The van der Waals surface area contributed by atoms with Crippen LogP contribution in [0.1, 0.15) is 35.6 Å². The summed E-state index contributed by atoms with van der Waals surface area (Å²) in [6, 6.07) is 18.3. The summed E-state index contributed by atoms with van der Waals surface area (Å²) < 4.78 is 12.0. The predicted octanol–water partition coefficient (Wildman–Crippen LogP) is 4.79. The molecule has 6 rings (SSSR count). The van der Waals surface area contributed by atoms with Crippen LogP contribution in [0, 0.1) is 11.3 Å². The first-order valence-electron chi connectivity index (χ1n) is 11.8. The van der Waals surface area contributed by atoms with Gasteiger partial charge in [-0.25, -0.2) is 4.98 Å². The molecule has 0 spiro atoms. The van der Waals surface area contributed by atoms with Gasteiger partial charge in [-0.3, -0.25) is 5.10 Å². The Bertz CT molecular complexity index is 1380. The first-order chi connectivity index (χ1) is 16.8. The molecule has 7 nitrogen and oxygen atoms in total. The summed E-state index contributed by atoms with van der Waals surface area (Å²) >= 11 is 0. The second-order valence-electron chi connectivity index (χ2n) is 8.81. The number of H-pyrrole nitrogens is 1. The maximum atomic E-state index is 9.23. The summed E-state index contributed by atoms with van der Waals surface area (Å²) in [5.74, 6) is 1.76. The lowest BCUT2D eigenvalue weighted by molar-refractivity contribution is 0.122. The number of nitrogens with zero attached hydrogens (tertiary/aromatic N) is 4. The molecule has 2 aromatic heterocycles. The molecule has 2 aromatic carbocycles. The van der Waals surface area contributed by atoms with Gasteiger partial charge in [-0.2, -0.15) is 10.4 Å². The highest BCUT2D eigenvalue weighted by molar-refractivity contribution is 5.94. The van der Waals surface area contributed by atoms with E-state index in [1.807, 2.05) is 42.6 Å². The van der Waals surface area contributed by atoms with E-state index in [0.29, 0.717) is 5.56 Å². The van der Waals surface area contributed by atoms with E-state index in [4.69, 9.17) is 9.47 Å². The monoisotopic (exact) mass is 451 g/mol. The number of nitriles is 1. The minimum Gasteiger partial charge on any atom is -0.486 e. The fourth-order valence-electron chi connectivity index (χ4n) is 4.94. The third-order valence-corrected chi connectivity index (χ3v) is 6.70. The van der Waals surface area contributed by atoms with Gasteiger partial charge in [-0.1, -0.05) is 6.07 Å². The van der Waals surface area contributed by atoms with Gasteiger partial charge in [0.2, 0.25) is 0 Å². The number of benzene rings is 2. The Balaban J connectivity index is 1.31. The number of aromatic nitrogens is 3. The van der Waals surface area contributed by atoms with E-state index in [1.165, 1.54) is 11.1 Å². The van der Waals surface area contributed by atoms with E-state index in [9.17, 15) is 5.26 Å². The maximum absolute atomic E-state index is 9.23. The van der Waals surface area contributed by atoms with Crippen molar-refractivity contribution < 1.29 is 9.47 Å². The van der Waals surface area contributed by atoms with Gasteiger partial charge in [0, 0.05) is 30.2 Å². The Morgan fingerprint density at radius 3 is 2.88 bits per heavy atom. The number of ether oxygens (including phenoxy) is 2. The number of hydrogen-bond donors (Lipinski definition) is 1. The molecule has 2 aliphatic rings. The van der Waals surface area contributed by atoms with Crippen molar-refractivity contribution in [2.24, 2.45) is 0 Å². The molecule has 0 radical (unpaired) electrons. The fraction of sp³-hybridized carbons (Fsp3) is 0.296. The lowest BCUT2D eigenvalue weighted by Gasteiger charge is -2.27. The number of aryl methyl sites for hydroxylation is 1. The van der Waals surface area contributed by atoms with E-state index in [1.54, 1.807) is 0 Å². The standard InChI is InChI=1S/C27H25N5O2/c28-17-18-4-6-22-19(14-18)2-1-3-25(22)34-21-5-7-24-23(16-21)27(31-30-24)20-8-9-29-26(15-20)32-10-12-33-13-11-32/h4-9,14-16,25H,1-3,10-13H2,(H,30,31)/t25-/m1/s1. The van der Waals surface area contributed by atoms with Gasteiger partial charge >= 0.3 is 0 Å². The number of aromatic amines is 1. The Morgan fingerprint density at radius 2 is 2.00 bits per heavy atom. The predicted molar refractivity (Wildman–Crippen MR) is 130 cm³/mol. The highest BCUT2D eigenvalue weighted by atomic mass is 16.5. The van der Waals surface area contributed by atoms with Gasteiger partial charge in [0.1, 0.15) is 23.4 Å². The molecule has 0 unspecified atom stereocenters. The number of rotatable bonds is 4. The molecule has 3 heterocycles. The maximum Gasteiger partial charge on any atom is 0.129 e. The third-order valence-electron chi connectivity index (χ3n) is 6.70. The minimum atomic E-state index is -0.0156. The van der Waals surface area contributed by atoms with E-state index in [0.717, 1.165) is 79.3 Å². The smallest absolute Gasteiger partial charge is 0.129 e. The molecule has 1 atom stereocenters. The Morgan fingerprint density at radius 1 is 1.09 bits per heavy atom. The van der Waals surface area contributed by atoms with Crippen LogP contribution in [0.4, 0.5) is 5.82 Å². The zero-order chi connectivity index (χ0) is 22.9. The number of pyridine rings is 1. The Hall–Kier alpha value is -3.89. The summed E-state index contributed by atoms with van der Waals surface area (Å²) in [5, 5.41) is 18.0. The zero-order valence-electron chi connectivity index (χ0n) is 18.8. The number of morpholine rings is 1. The van der Waals surface area contributed by atoms with Gasteiger partial charge in [0.05, 0.1) is 30.4 Å². The first kappa shape index (κ1) is 20.7. The summed E-state index contributed by atoms with van der Waals surface area (Å²) in [7, 11) is 0. The molecule has 1 aliphatic carbocycles.